The van der Waals surface area contributed by atoms with Gasteiger partial charge in [-0.1, -0.05) is 54.4 Å². The molecule has 0 bridgehead atoms. The highest BCUT2D eigenvalue weighted by Gasteiger charge is 2.17. The van der Waals surface area contributed by atoms with Crippen molar-refractivity contribution in [3.8, 4) is 0 Å². The Morgan fingerprint density at radius 2 is 1.88 bits per heavy atom. The maximum absolute atomic E-state index is 3.84. The van der Waals surface area contributed by atoms with Crippen LogP contribution in [0.3, 0.4) is 0 Å². The molecule has 0 saturated carbocycles. The Balaban J connectivity index is 2.22. The SMILES string of the molecule is CCC(C)C(Br)c1ccc2c(c1)CCCC2. The van der Waals surface area contributed by atoms with Crippen LogP contribution >= 0.6 is 15.9 Å². The molecule has 2 unspecified atom stereocenters. The highest BCUT2D eigenvalue weighted by molar-refractivity contribution is 9.09. The Labute approximate surface area is 108 Å². The van der Waals surface area contributed by atoms with Crippen LogP contribution in [0.25, 0.3) is 0 Å². The van der Waals surface area contributed by atoms with Gasteiger partial charge in [0.1, 0.15) is 0 Å². The van der Waals surface area contributed by atoms with E-state index in [2.05, 4.69) is 48.0 Å². The van der Waals surface area contributed by atoms with Gasteiger partial charge in [-0.3, -0.25) is 0 Å². The van der Waals surface area contributed by atoms with Crippen molar-refractivity contribution in [2.24, 2.45) is 5.92 Å². The van der Waals surface area contributed by atoms with Crippen LogP contribution < -0.4 is 0 Å². The third-order valence-electron chi connectivity index (χ3n) is 3.83. The van der Waals surface area contributed by atoms with E-state index < -0.39 is 0 Å². The predicted octanol–water partition coefficient (Wildman–Crippen LogP) is 5.05. The molecule has 0 aliphatic heterocycles. The molecule has 0 spiro atoms. The van der Waals surface area contributed by atoms with Gasteiger partial charge in [0.15, 0.2) is 0 Å². The lowest BCUT2D eigenvalue weighted by atomic mass is 9.88. The summed E-state index contributed by atoms with van der Waals surface area (Å²) in [5.41, 5.74) is 4.64. The summed E-state index contributed by atoms with van der Waals surface area (Å²) in [5, 5.41) is 0. The molecule has 0 fully saturated rings. The van der Waals surface area contributed by atoms with E-state index in [4.69, 9.17) is 0 Å². The van der Waals surface area contributed by atoms with Crippen LogP contribution in [0, 0.1) is 5.92 Å². The minimum absolute atomic E-state index is 0.518. The number of aryl methyl sites for hydroxylation is 2. The first-order chi connectivity index (χ1) is 7.72. The highest BCUT2D eigenvalue weighted by Crippen LogP contribution is 2.34. The van der Waals surface area contributed by atoms with E-state index >= 15 is 0 Å². The van der Waals surface area contributed by atoms with E-state index in [1.54, 1.807) is 11.1 Å². The molecule has 0 aromatic heterocycles. The van der Waals surface area contributed by atoms with Crippen LogP contribution in [-0.2, 0) is 12.8 Å². The van der Waals surface area contributed by atoms with Gasteiger partial charge in [-0.15, -0.1) is 0 Å². The smallest absolute Gasteiger partial charge is 0.0420 e. The Morgan fingerprint density at radius 1 is 1.19 bits per heavy atom. The van der Waals surface area contributed by atoms with Gasteiger partial charge in [0.05, 0.1) is 0 Å². The lowest BCUT2D eigenvalue weighted by Gasteiger charge is -2.21. The molecule has 0 nitrogen and oxygen atoms in total. The number of benzene rings is 1. The zero-order valence-corrected chi connectivity index (χ0v) is 11.9. The Morgan fingerprint density at radius 3 is 2.56 bits per heavy atom. The van der Waals surface area contributed by atoms with Crippen LogP contribution in [0.2, 0.25) is 0 Å². The van der Waals surface area contributed by atoms with Crippen molar-refractivity contribution in [3.63, 3.8) is 0 Å². The molecule has 0 radical (unpaired) electrons. The molecule has 1 aromatic carbocycles. The summed E-state index contributed by atoms with van der Waals surface area (Å²) in [5.74, 6) is 0.710. The summed E-state index contributed by atoms with van der Waals surface area (Å²) in [7, 11) is 0. The van der Waals surface area contributed by atoms with Crippen LogP contribution in [0.15, 0.2) is 18.2 Å². The number of fused-ring (bicyclic) bond motifs is 1. The van der Waals surface area contributed by atoms with Gasteiger partial charge >= 0.3 is 0 Å². The van der Waals surface area contributed by atoms with Crippen LogP contribution in [0.5, 0.6) is 0 Å². The van der Waals surface area contributed by atoms with E-state index in [1.165, 1.54) is 37.7 Å². The van der Waals surface area contributed by atoms with Gasteiger partial charge in [-0.05, 0) is 48.3 Å². The molecule has 16 heavy (non-hydrogen) atoms. The zero-order chi connectivity index (χ0) is 11.5. The van der Waals surface area contributed by atoms with Gasteiger partial charge in [0, 0.05) is 4.83 Å². The molecule has 0 heterocycles. The van der Waals surface area contributed by atoms with Crippen molar-refractivity contribution < 1.29 is 0 Å². The molecule has 2 atom stereocenters. The second kappa shape index (κ2) is 5.35. The molecule has 1 aliphatic carbocycles. The normalized spacial score (nSPS) is 18.9. The van der Waals surface area contributed by atoms with Gasteiger partial charge in [-0.25, -0.2) is 0 Å². The number of hydrogen-bond acceptors (Lipinski definition) is 0. The summed E-state index contributed by atoms with van der Waals surface area (Å²) < 4.78 is 0. The predicted molar refractivity (Wildman–Crippen MR) is 74.2 cm³/mol. The standard InChI is InChI=1S/C15H21Br/c1-3-11(2)15(16)14-9-8-12-6-4-5-7-13(12)10-14/h8-11,15H,3-7H2,1-2H3. The molecule has 0 saturated heterocycles. The Hall–Kier alpha value is -0.300. The van der Waals surface area contributed by atoms with E-state index in [9.17, 15) is 0 Å². The van der Waals surface area contributed by atoms with E-state index in [-0.39, 0.29) is 0 Å². The molecular formula is C15H21Br. The third kappa shape index (κ3) is 2.51. The lowest BCUT2D eigenvalue weighted by molar-refractivity contribution is 0.554. The number of hydrogen-bond donors (Lipinski definition) is 0. The first-order valence-corrected chi connectivity index (χ1v) is 7.39. The average Bonchev–Trinajstić information content (AvgIpc) is 2.36. The quantitative estimate of drug-likeness (QED) is 0.680. The minimum atomic E-state index is 0.518. The maximum atomic E-state index is 3.84. The molecule has 2 rings (SSSR count). The largest absolute Gasteiger partial charge is 0.0836 e. The van der Waals surface area contributed by atoms with Crippen molar-refractivity contribution >= 4 is 15.9 Å². The molecule has 0 amide bonds. The molecular weight excluding hydrogens is 260 g/mol. The first kappa shape index (κ1) is 12.2. The van der Waals surface area contributed by atoms with Crippen molar-refractivity contribution in [1.29, 1.82) is 0 Å². The summed E-state index contributed by atoms with van der Waals surface area (Å²) in [6, 6.07) is 7.09. The second-order valence-corrected chi connectivity index (χ2v) is 6.01. The number of alkyl halides is 1. The first-order valence-electron chi connectivity index (χ1n) is 6.48. The van der Waals surface area contributed by atoms with E-state index in [1.807, 2.05) is 0 Å². The van der Waals surface area contributed by atoms with E-state index in [0.29, 0.717) is 10.7 Å². The topological polar surface area (TPSA) is 0 Å². The fraction of sp³-hybridized carbons (Fsp3) is 0.600. The van der Waals surface area contributed by atoms with Crippen molar-refractivity contribution in [3.05, 3.63) is 34.9 Å². The van der Waals surface area contributed by atoms with Gasteiger partial charge in [0.25, 0.3) is 0 Å². The second-order valence-electron chi connectivity index (χ2n) is 5.02. The van der Waals surface area contributed by atoms with Crippen molar-refractivity contribution in [2.45, 2.75) is 50.8 Å². The molecule has 1 heteroatoms. The average molecular weight is 281 g/mol. The summed E-state index contributed by atoms with van der Waals surface area (Å²) in [6.07, 6.45) is 6.53. The summed E-state index contributed by atoms with van der Waals surface area (Å²) in [4.78, 5) is 0.518. The Bertz CT molecular complexity index is 356. The molecule has 1 aliphatic rings. The van der Waals surface area contributed by atoms with Crippen LogP contribution in [0.4, 0.5) is 0 Å². The van der Waals surface area contributed by atoms with Crippen LogP contribution in [-0.4, -0.2) is 0 Å². The van der Waals surface area contributed by atoms with E-state index in [0.717, 1.165) is 0 Å². The zero-order valence-electron chi connectivity index (χ0n) is 10.3. The monoisotopic (exact) mass is 280 g/mol. The summed E-state index contributed by atoms with van der Waals surface area (Å²) >= 11 is 3.84. The van der Waals surface area contributed by atoms with Gasteiger partial charge in [-0.2, -0.15) is 0 Å². The number of halogens is 1. The highest BCUT2D eigenvalue weighted by atomic mass is 79.9. The maximum Gasteiger partial charge on any atom is 0.0420 e. The van der Waals surface area contributed by atoms with Gasteiger partial charge in [0.2, 0.25) is 0 Å². The third-order valence-corrected chi connectivity index (χ3v) is 5.27. The summed E-state index contributed by atoms with van der Waals surface area (Å²) in [6.45, 7) is 4.58. The van der Waals surface area contributed by atoms with Crippen molar-refractivity contribution in [2.75, 3.05) is 0 Å². The molecule has 1 aromatic rings. The lowest BCUT2D eigenvalue weighted by Crippen LogP contribution is -2.06. The van der Waals surface area contributed by atoms with Gasteiger partial charge < -0.3 is 0 Å². The molecule has 88 valence electrons. The fourth-order valence-corrected chi connectivity index (χ4v) is 3.12. The Kier molecular flexibility index (Phi) is 4.07. The fourth-order valence-electron chi connectivity index (χ4n) is 2.46. The van der Waals surface area contributed by atoms with Crippen LogP contribution in [0.1, 0.15) is 54.6 Å². The molecule has 0 N–H and O–H groups in total. The minimum Gasteiger partial charge on any atom is -0.0836 e. The van der Waals surface area contributed by atoms with Crippen molar-refractivity contribution in [1.82, 2.24) is 0 Å². The number of rotatable bonds is 3.